The molecule has 8 aliphatic rings. The highest BCUT2D eigenvalue weighted by Gasteiger charge is 2.71. The molecule has 1 unspecified atom stereocenters. The Morgan fingerprint density at radius 3 is 1.86 bits per heavy atom. The smallest absolute Gasteiger partial charge is 0.315 e. The summed E-state index contributed by atoms with van der Waals surface area (Å²) in [5.41, 5.74) is -1.58. The van der Waals surface area contributed by atoms with Crippen LogP contribution >= 0.6 is 0 Å². The predicted molar refractivity (Wildman–Crippen MR) is 230 cm³/mol. The normalized spacial score (nSPS) is 54.4. The molecule has 18 nitrogen and oxygen atoms in total. The van der Waals surface area contributed by atoms with Crippen LogP contribution in [-0.2, 0) is 33.2 Å². The molecule has 0 aromatic heterocycles. The van der Waals surface area contributed by atoms with E-state index in [4.69, 9.17) is 28.4 Å². The van der Waals surface area contributed by atoms with Crippen molar-refractivity contribution in [3.8, 4) is 0 Å². The Morgan fingerprint density at radius 1 is 0.652 bits per heavy atom. The molecule has 3 aliphatic heterocycles. The van der Waals surface area contributed by atoms with E-state index in [9.17, 15) is 56.2 Å². The van der Waals surface area contributed by atoms with Crippen LogP contribution in [0.5, 0.6) is 0 Å². The molecule has 0 amide bonds. The number of hydrogen-bond acceptors (Lipinski definition) is 18. The fourth-order valence-corrected chi connectivity index (χ4v) is 15.1. The van der Waals surface area contributed by atoms with Gasteiger partial charge in [0.15, 0.2) is 18.7 Å². The van der Waals surface area contributed by atoms with Gasteiger partial charge in [-0.2, -0.15) is 0 Å². The quantitative estimate of drug-likeness (QED) is 0.0877. The van der Waals surface area contributed by atoms with Crippen molar-refractivity contribution in [3.63, 3.8) is 0 Å². The van der Waals surface area contributed by atoms with Crippen molar-refractivity contribution in [1.82, 2.24) is 0 Å². The van der Waals surface area contributed by atoms with Crippen LogP contribution in [0.2, 0.25) is 0 Å². The number of fused-ring (bicyclic) bond motifs is 7. The number of carbonyl (C=O) groups is 1. The average molecular weight is 943 g/mol. The molecular weight excluding hydrogens is 865 g/mol. The first-order valence-electron chi connectivity index (χ1n) is 24.3. The summed E-state index contributed by atoms with van der Waals surface area (Å²) in [6.45, 7) is 15.7. The van der Waals surface area contributed by atoms with Crippen LogP contribution in [0.4, 0.5) is 0 Å². The summed E-state index contributed by atoms with van der Waals surface area (Å²) in [6.07, 6.45) is -16.4. The Hall–Kier alpha value is -1.43. The van der Waals surface area contributed by atoms with E-state index < -0.39 is 134 Å². The van der Waals surface area contributed by atoms with Gasteiger partial charge in [-0.25, -0.2) is 0 Å². The van der Waals surface area contributed by atoms with Gasteiger partial charge < -0.3 is 84.6 Å². The molecule has 8 rings (SSSR count). The Bertz CT molecular complexity index is 1810. The monoisotopic (exact) mass is 943 g/mol. The number of allylic oxidation sites excluding steroid dienone is 2. The summed E-state index contributed by atoms with van der Waals surface area (Å²) in [7, 11) is 0. The van der Waals surface area contributed by atoms with Gasteiger partial charge in [-0.15, -0.1) is 0 Å². The number of esters is 1. The number of carbonyl (C=O) groups excluding carboxylic acids is 1. The minimum atomic E-state index is -1.77. The van der Waals surface area contributed by atoms with Crippen molar-refractivity contribution in [2.24, 2.45) is 50.2 Å². The van der Waals surface area contributed by atoms with E-state index in [1.165, 1.54) is 12.5 Å². The van der Waals surface area contributed by atoms with Crippen molar-refractivity contribution in [1.29, 1.82) is 0 Å². The lowest BCUT2D eigenvalue weighted by molar-refractivity contribution is -0.361. The van der Waals surface area contributed by atoms with Gasteiger partial charge in [0.2, 0.25) is 6.29 Å². The SMILES string of the molecule is C[C@@H]1O[C@@H](O[C@H]2[C@H](OC(=O)[C@]34CCC(C)(C)C[C@H]3C3=CC[C@@H]5[C@@]6(C)C[C@@H](O)[C@H](O[C@@H]7O[C@H](CO)[C@@H](O)[C@H](O)[C@H]7O)C(C)(C)[C@@H]6CC[C@@]5(C)C3(C)CC4)O[C@H](CO)[C@@H](O)[C@@H]2O)[C@H](O)[C@H](O)[C@H]1O. The molecule has 5 aliphatic carbocycles. The third-order valence-electron chi connectivity index (χ3n) is 19.2. The standard InChI is InChI=1S/C48H78O18/c1-21-29(52)32(55)35(58)39(61-21)64-37-34(57)31(54)26(20-50)63-41(37)66-42(60)48-15-13-43(2,3)17-23(48)22-9-10-28-45(6)18-24(51)38(65-40-36(59)33(56)30(53)25(19-49)62-40)44(4,5)27(45)11-12-47(28,8)46(22,7)14-16-48/h9,21,23-41,49-59H,10-20H2,1-8H3/t21-,23-,24+,25+,26+,27-,28+,29-,30+,31+,32+,33-,34-,35+,36+,37+,38-,39-,40-,41-,45-,46?,47+,48-/m0/s1. The van der Waals surface area contributed by atoms with Crippen LogP contribution in [0.25, 0.3) is 0 Å². The lowest BCUT2D eigenvalue weighted by atomic mass is 9.33. The molecule has 24 atom stereocenters. The van der Waals surface area contributed by atoms with Crippen LogP contribution in [-0.4, -0.2) is 180 Å². The Labute approximate surface area is 387 Å². The van der Waals surface area contributed by atoms with E-state index in [1.54, 1.807) is 0 Å². The van der Waals surface area contributed by atoms with Crippen LogP contribution < -0.4 is 0 Å². The maximum Gasteiger partial charge on any atom is 0.315 e. The first-order chi connectivity index (χ1) is 30.7. The topological polar surface area (TPSA) is 295 Å². The molecule has 4 saturated carbocycles. The second kappa shape index (κ2) is 17.7. The molecule has 3 saturated heterocycles. The van der Waals surface area contributed by atoms with E-state index >= 15 is 4.79 Å². The van der Waals surface area contributed by atoms with Crippen LogP contribution in [0.1, 0.15) is 113 Å². The van der Waals surface area contributed by atoms with Gasteiger partial charge in [0.1, 0.15) is 61.0 Å². The highest BCUT2D eigenvalue weighted by molar-refractivity contribution is 5.79. The summed E-state index contributed by atoms with van der Waals surface area (Å²) in [6, 6.07) is 0. The maximum absolute atomic E-state index is 15.2. The zero-order chi connectivity index (χ0) is 48.4. The number of hydrogen-bond donors (Lipinski definition) is 11. The molecule has 3 heterocycles. The van der Waals surface area contributed by atoms with Crippen molar-refractivity contribution < 1.29 is 89.4 Å². The summed E-state index contributed by atoms with van der Waals surface area (Å²) in [5, 5.41) is 118. The first kappa shape index (κ1) is 50.9. The first-order valence-corrected chi connectivity index (χ1v) is 24.3. The number of aliphatic hydroxyl groups is 11. The Morgan fingerprint density at radius 2 is 1.23 bits per heavy atom. The molecule has 7 fully saturated rings. The molecule has 0 spiro atoms. The third kappa shape index (κ3) is 7.78. The highest BCUT2D eigenvalue weighted by Crippen LogP contribution is 2.76. The number of rotatable bonds is 8. The molecule has 0 aromatic rings. The zero-order valence-electron chi connectivity index (χ0n) is 39.7. The molecule has 378 valence electrons. The summed E-state index contributed by atoms with van der Waals surface area (Å²) >= 11 is 0. The molecule has 0 aromatic carbocycles. The van der Waals surface area contributed by atoms with E-state index in [-0.39, 0.29) is 39.4 Å². The van der Waals surface area contributed by atoms with Gasteiger partial charge >= 0.3 is 5.97 Å². The van der Waals surface area contributed by atoms with E-state index in [0.717, 1.165) is 19.3 Å². The van der Waals surface area contributed by atoms with E-state index in [1.807, 2.05) is 0 Å². The van der Waals surface area contributed by atoms with Gasteiger partial charge in [-0.3, -0.25) is 4.79 Å². The molecule has 18 heteroatoms. The molecule has 0 radical (unpaired) electrons. The maximum atomic E-state index is 15.2. The predicted octanol–water partition coefficient (Wildman–Crippen LogP) is 0.139. The van der Waals surface area contributed by atoms with Gasteiger partial charge in [0.25, 0.3) is 0 Å². The van der Waals surface area contributed by atoms with E-state index in [2.05, 4.69) is 54.5 Å². The van der Waals surface area contributed by atoms with Crippen molar-refractivity contribution in [3.05, 3.63) is 11.6 Å². The fourth-order valence-electron chi connectivity index (χ4n) is 15.1. The lowest BCUT2D eigenvalue weighted by Gasteiger charge is -2.71. The van der Waals surface area contributed by atoms with Crippen molar-refractivity contribution in [2.45, 2.75) is 218 Å². The number of aliphatic hydroxyl groups excluding tert-OH is 11. The summed E-state index contributed by atoms with van der Waals surface area (Å²) in [5.74, 6) is -0.629. The second-order valence-electron chi connectivity index (χ2n) is 23.6. The number of ether oxygens (including phenoxy) is 6. The van der Waals surface area contributed by atoms with Crippen LogP contribution in [0.15, 0.2) is 11.6 Å². The largest absolute Gasteiger partial charge is 0.432 e. The van der Waals surface area contributed by atoms with Gasteiger partial charge in [-0.05, 0) is 110 Å². The van der Waals surface area contributed by atoms with Crippen molar-refractivity contribution in [2.75, 3.05) is 13.2 Å². The second-order valence-corrected chi connectivity index (χ2v) is 23.6. The van der Waals surface area contributed by atoms with Gasteiger partial charge in [0.05, 0.1) is 36.9 Å². The van der Waals surface area contributed by atoms with Crippen molar-refractivity contribution >= 4 is 5.97 Å². The van der Waals surface area contributed by atoms with Gasteiger partial charge in [0, 0.05) is 0 Å². The Kier molecular flexibility index (Phi) is 13.7. The molecule has 11 N–H and O–H groups in total. The highest BCUT2D eigenvalue weighted by atomic mass is 16.8. The fraction of sp³-hybridized carbons (Fsp3) is 0.938. The average Bonchev–Trinajstić information content (AvgIpc) is 3.25. The third-order valence-corrected chi connectivity index (χ3v) is 19.2. The zero-order valence-corrected chi connectivity index (χ0v) is 39.7. The summed E-state index contributed by atoms with van der Waals surface area (Å²) in [4.78, 5) is 15.2. The van der Waals surface area contributed by atoms with Crippen LogP contribution in [0.3, 0.4) is 0 Å². The minimum absolute atomic E-state index is 0.0603. The minimum Gasteiger partial charge on any atom is -0.432 e. The van der Waals surface area contributed by atoms with E-state index in [0.29, 0.717) is 38.5 Å². The summed E-state index contributed by atoms with van der Waals surface area (Å²) < 4.78 is 36.0. The van der Waals surface area contributed by atoms with Crippen LogP contribution in [0, 0.1) is 50.2 Å². The lowest BCUT2D eigenvalue weighted by Crippen LogP contribution is -2.68. The van der Waals surface area contributed by atoms with Gasteiger partial charge in [-0.1, -0.05) is 60.1 Å². The molecular formula is C48H78O18. The molecule has 0 bridgehead atoms. The Balaban J connectivity index is 1.07. The molecule has 66 heavy (non-hydrogen) atoms.